The lowest BCUT2D eigenvalue weighted by Crippen LogP contribution is -1.97. The van der Waals surface area contributed by atoms with Crippen LogP contribution in [0.5, 0.6) is 0 Å². The molecule has 0 bridgehead atoms. The number of hydrogen-bond donors (Lipinski definition) is 2. The van der Waals surface area contributed by atoms with Crippen LogP contribution in [0.25, 0.3) is 10.9 Å². The quantitative estimate of drug-likeness (QED) is 0.626. The molecule has 2 heterocycles. The van der Waals surface area contributed by atoms with Gasteiger partial charge in [-0.3, -0.25) is 4.98 Å². The van der Waals surface area contributed by atoms with E-state index in [9.17, 15) is 0 Å². The van der Waals surface area contributed by atoms with Gasteiger partial charge in [-0.2, -0.15) is 0 Å². The van der Waals surface area contributed by atoms with Gasteiger partial charge in [-0.05, 0) is 60.4 Å². The third-order valence-electron chi connectivity index (χ3n) is 4.50. The topological polar surface area (TPSA) is 37.0 Å². The number of pyridine rings is 1. The molecule has 2 N–H and O–H groups in total. The summed E-state index contributed by atoms with van der Waals surface area (Å²) in [7, 11) is 0. The summed E-state index contributed by atoms with van der Waals surface area (Å²) in [6.45, 7) is 6.64. The van der Waals surface area contributed by atoms with Crippen molar-refractivity contribution in [1.82, 2.24) is 4.98 Å². The van der Waals surface area contributed by atoms with Crippen molar-refractivity contribution < 1.29 is 0 Å². The molecule has 4 heteroatoms. The van der Waals surface area contributed by atoms with Crippen LogP contribution in [0.3, 0.4) is 0 Å². The number of nitrogens with zero attached hydrogens (tertiary/aromatic N) is 1. The lowest BCUT2D eigenvalue weighted by atomic mass is 9.95. The fourth-order valence-electron chi connectivity index (χ4n) is 3.27. The maximum absolute atomic E-state index is 4.57. The Morgan fingerprint density at radius 2 is 2.04 bits per heavy atom. The van der Waals surface area contributed by atoms with E-state index in [0.717, 1.165) is 22.8 Å². The molecule has 1 aliphatic rings. The Hall–Kier alpha value is -2.20. The van der Waals surface area contributed by atoms with Gasteiger partial charge in [0, 0.05) is 27.9 Å². The molecule has 0 fully saturated rings. The summed E-state index contributed by atoms with van der Waals surface area (Å²) in [6.07, 6.45) is 1.88. The number of benzene rings is 2. The second-order valence-electron chi connectivity index (χ2n) is 6.54. The molecule has 0 amide bonds. The van der Waals surface area contributed by atoms with Crippen LogP contribution in [0.15, 0.2) is 47.5 Å². The summed E-state index contributed by atoms with van der Waals surface area (Å²) in [6, 6.07) is 13.0. The van der Waals surface area contributed by atoms with E-state index in [0.29, 0.717) is 5.92 Å². The first kappa shape index (κ1) is 15.3. The van der Waals surface area contributed by atoms with Crippen molar-refractivity contribution in [2.45, 2.75) is 31.6 Å². The number of fused-ring (bicyclic) bond motifs is 2. The number of anilines is 3. The Balaban J connectivity index is 1.75. The van der Waals surface area contributed by atoms with Crippen LogP contribution < -0.4 is 10.6 Å². The molecule has 0 radical (unpaired) electrons. The summed E-state index contributed by atoms with van der Waals surface area (Å²) in [5.74, 6) is 1.46. The summed E-state index contributed by atoms with van der Waals surface area (Å²) >= 11 is 1.84. The zero-order valence-electron chi connectivity index (χ0n) is 14.2. The highest BCUT2D eigenvalue weighted by molar-refractivity contribution is 7.99. The van der Waals surface area contributed by atoms with Crippen LogP contribution in [-0.4, -0.2) is 10.9 Å². The van der Waals surface area contributed by atoms with E-state index in [1.165, 1.54) is 27.1 Å². The highest BCUT2D eigenvalue weighted by Crippen LogP contribution is 2.37. The van der Waals surface area contributed by atoms with E-state index in [-0.39, 0.29) is 0 Å². The predicted octanol–water partition coefficient (Wildman–Crippen LogP) is 5.89. The van der Waals surface area contributed by atoms with Crippen molar-refractivity contribution in [3.8, 4) is 0 Å². The van der Waals surface area contributed by atoms with Crippen LogP contribution in [0.4, 0.5) is 17.1 Å². The Labute approximate surface area is 146 Å². The van der Waals surface area contributed by atoms with Gasteiger partial charge in [0.05, 0.1) is 17.1 Å². The average Bonchev–Trinajstić information content (AvgIpc) is 3.02. The van der Waals surface area contributed by atoms with Gasteiger partial charge in [0.1, 0.15) is 0 Å². The molecule has 0 aliphatic carbocycles. The normalized spacial score (nSPS) is 13.2. The van der Waals surface area contributed by atoms with Crippen molar-refractivity contribution in [3.63, 3.8) is 0 Å². The van der Waals surface area contributed by atoms with Gasteiger partial charge in [0.25, 0.3) is 0 Å². The third-order valence-corrected chi connectivity index (χ3v) is 5.46. The molecule has 24 heavy (non-hydrogen) atoms. The first-order valence-electron chi connectivity index (χ1n) is 8.29. The van der Waals surface area contributed by atoms with Gasteiger partial charge < -0.3 is 10.6 Å². The van der Waals surface area contributed by atoms with Gasteiger partial charge >= 0.3 is 0 Å². The zero-order chi connectivity index (χ0) is 16.7. The smallest absolute Gasteiger partial charge is 0.0725 e. The molecule has 1 aromatic heterocycles. The van der Waals surface area contributed by atoms with E-state index in [4.69, 9.17) is 0 Å². The molecule has 1 aliphatic heterocycles. The fourth-order valence-corrected chi connectivity index (χ4v) is 4.10. The summed E-state index contributed by atoms with van der Waals surface area (Å²) < 4.78 is 0. The standard InChI is InChI=1S/C20H21N3S/c1-12(2)15-10-18-16(8-13(15)3)17(6-7-21-18)23-14-4-5-20-19(9-14)22-11-24-20/h4-10,12,22H,11H2,1-3H3,(H,21,23). The molecule has 0 spiro atoms. The van der Waals surface area contributed by atoms with Gasteiger partial charge in [-0.15, -0.1) is 11.8 Å². The van der Waals surface area contributed by atoms with Crippen LogP contribution in [0, 0.1) is 6.92 Å². The number of rotatable bonds is 3. The minimum Gasteiger partial charge on any atom is -0.375 e. The van der Waals surface area contributed by atoms with Crippen molar-refractivity contribution in [3.05, 3.63) is 53.7 Å². The molecule has 122 valence electrons. The number of nitrogens with one attached hydrogen (secondary N) is 2. The maximum Gasteiger partial charge on any atom is 0.0725 e. The largest absolute Gasteiger partial charge is 0.375 e. The Morgan fingerprint density at radius 1 is 1.17 bits per heavy atom. The van der Waals surface area contributed by atoms with Crippen molar-refractivity contribution in [1.29, 1.82) is 0 Å². The first-order valence-corrected chi connectivity index (χ1v) is 9.27. The van der Waals surface area contributed by atoms with Crippen LogP contribution in [0.2, 0.25) is 0 Å². The monoisotopic (exact) mass is 335 g/mol. The minimum absolute atomic E-state index is 0.508. The molecular formula is C20H21N3S. The van der Waals surface area contributed by atoms with Gasteiger partial charge in [0.2, 0.25) is 0 Å². The van der Waals surface area contributed by atoms with Crippen LogP contribution in [-0.2, 0) is 0 Å². The Kier molecular flexibility index (Phi) is 3.85. The molecule has 2 aromatic carbocycles. The molecule has 0 saturated heterocycles. The number of hydrogen-bond acceptors (Lipinski definition) is 4. The molecule has 3 nitrogen and oxygen atoms in total. The Bertz CT molecular complexity index is 918. The number of thioether (sulfide) groups is 1. The van der Waals surface area contributed by atoms with E-state index in [2.05, 4.69) is 66.7 Å². The van der Waals surface area contributed by atoms with Gasteiger partial charge in [-0.1, -0.05) is 13.8 Å². The summed E-state index contributed by atoms with van der Waals surface area (Å²) in [5, 5.41) is 8.14. The molecule has 3 aromatic rings. The van der Waals surface area contributed by atoms with Crippen LogP contribution >= 0.6 is 11.8 Å². The number of aromatic nitrogens is 1. The van der Waals surface area contributed by atoms with E-state index in [1.807, 2.05) is 24.0 Å². The van der Waals surface area contributed by atoms with Crippen molar-refractivity contribution in [2.24, 2.45) is 0 Å². The van der Waals surface area contributed by atoms with E-state index >= 15 is 0 Å². The fraction of sp³-hybridized carbons (Fsp3) is 0.250. The van der Waals surface area contributed by atoms with E-state index < -0.39 is 0 Å². The first-order chi connectivity index (χ1) is 11.6. The molecule has 0 atom stereocenters. The molecule has 0 saturated carbocycles. The minimum atomic E-state index is 0.508. The molecule has 4 rings (SSSR count). The van der Waals surface area contributed by atoms with Crippen molar-refractivity contribution in [2.75, 3.05) is 16.5 Å². The second kappa shape index (κ2) is 6.02. The molecule has 0 unspecified atom stereocenters. The summed E-state index contributed by atoms with van der Waals surface area (Å²) in [5.41, 5.74) is 7.14. The van der Waals surface area contributed by atoms with Gasteiger partial charge in [-0.25, -0.2) is 0 Å². The summed E-state index contributed by atoms with van der Waals surface area (Å²) in [4.78, 5) is 5.89. The lowest BCUT2D eigenvalue weighted by molar-refractivity contribution is 0.858. The zero-order valence-corrected chi connectivity index (χ0v) is 15.0. The van der Waals surface area contributed by atoms with Gasteiger partial charge in [0.15, 0.2) is 0 Å². The maximum atomic E-state index is 4.57. The molecular weight excluding hydrogens is 314 g/mol. The highest BCUT2D eigenvalue weighted by atomic mass is 32.2. The Morgan fingerprint density at radius 3 is 2.88 bits per heavy atom. The predicted molar refractivity (Wildman–Crippen MR) is 105 cm³/mol. The average molecular weight is 335 g/mol. The number of aryl methyl sites for hydroxylation is 1. The van der Waals surface area contributed by atoms with E-state index in [1.54, 1.807) is 0 Å². The van der Waals surface area contributed by atoms with Crippen molar-refractivity contribution >= 4 is 39.7 Å². The van der Waals surface area contributed by atoms with Crippen LogP contribution in [0.1, 0.15) is 30.9 Å². The second-order valence-corrected chi connectivity index (χ2v) is 7.56. The third kappa shape index (κ3) is 2.71. The lowest BCUT2D eigenvalue weighted by Gasteiger charge is -2.14. The SMILES string of the molecule is Cc1cc2c(Nc3ccc4c(c3)NCS4)ccnc2cc1C(C)C. The highest BCUT2D eigenvalue weighted by Gasteiger charge is 2.12.